The molecular formula is C17H17ClO2. The molecule has 1 atom stereocenters. The van der Waals surface area contributed by atoms with Crippen LogP contribution in [0.15, 0.2) is 41.5 Å². The summed E-state index contributed by atoms with van der Waals surface area (Å²) >= 11 is 6.09. The molecule has 0 spiro atoms. The summed E-state index contributed by atoms with van der Waals surface area (Å²) in [5.74, 6) is -0.213. The average molecular weight is 289 g/mol. The van der Waals surface area contributed by atoms with E-state index in [1.807, 2.05) is 12.1 Å². The van der Waals surface area contributed by atoms with Crippen LogP contribution in [0.25, 0.3) is 0 Å². The molecule has 0 aromatic heterocycles. The fourth-order valence-electron chi connectivity index (χ4n) is 3.30. The Bertz CT molecular complexity index is 642. The first-order chi connectivity index (χ1) is 9.54. The molecule has 0 saturated heterocycles. The smallest absolute Gasteiger partial charge is 0.333 e. The van der Waals surface area contributed by atoms with Gasteiger partial charge >= 0.3 is 5.97 Å². The molecule has 2 aliphatic rings. The van der Waals surface area contributed by atoms with Crippen molar-refractivity contribution in [2.45, 2.75) is 31.6 Å². The molecule has 1 aromatic carbocycles. The van der Waals surface area contributed by atoms with E-state index < -0.39 is 0 Å². The number of fused-ring (bicyclic) bond motifs is 3. The first kappa shape index (κ1) is 13.4. The van der Waals surface area contributed by atoms with Crippen molar-refractivity contribution >= 4 is 17.6 Å². The lowest BCUT2D eigenvalue weighted by Gasteiger charge is -2.39. The predicted molar refractivity (Wildman–Crippen MR) is 79.9 cm³/mol. The number of halogens is 1. The highest BCUT2D eigenvalue weighted by molar-refractivity contribution is 6.30. The number of benzene rings is 1. The minimum Gasteiger partial charge on any atom is -0.466 e. The second kappa shape index (κ2) is 4.78. The molecule has 1 unspecified atom stereocenters. The van der Waals surface area contributed by atoms with Gasteiger partial charge in [-0.05, 0) is 54.2 Å². The lowest BCUT2D eigenvalue weighted by molar-refractivity contribution is -0.136. The normalized spacial score (nSPS) is 24.1. The minimum absolute atomic E-state index is 0.0182. The van der Waals surface area contributed by atoms with Gasteiger partial charge < -0.3 is 4.74 Å². The molecule has 0 radical (unpaired) electrons. The van der Waals surface area contributed by atoms with Crippen LogP contribution in [0, 0.1) is 0 Å². The van der Waals surface area contributed by atoms with Crippen molar-refractivity contribution in [2.75, 3.05) is 7.11 Å². The lowest BCUT2D eigenvalue weighted by Crippen LogP contribution is -2.32. The molecule has 0 N–H and O–H groups in total. The average Bonchev–Trinajstić information content (AvgIpc) is 2.45. The van der Waals surface area contributed by atoms with Gasteiger partial charge in [-0.2, -0.15) is 0 Å². The quantitative estimate of drug-likeness (QED) is 0.731. The summed E-state index contributed by atoms with van der Waals surface area (Å²) in [6.07, 6.45) is 6.76. The molecule has 3 heteroatoms. The molecular weight excluding hydrogens is 272 g/mol. The summed E-state index contributed by atoms with van der Waals surface area (Å²) in [6.45, 7) is 2.25. The van der Waals surface area contributed by atoms with Crippen molar-refractivity contribution in [1.82, 2.24) is 0 Å². The van der Waals surface area contributed by atoms with Crippen molar-refractivity contribution in [3.05, 3.63) is 57.6 Å². The monoisotopic (exact) mass is 288 g/mol. The van der Waals surface area contributed by atoms with E-state index in [1.165, 1.54) is 23.8 Å². The summed E-state index contributed by atoms with van der Waals surface area (Å²) in [6, 6.07) is 6.13. The molecule has 0 saturated carbocycles. The van der Waals surface area contributed by atoms with Crippen LogP contribution in [0.2, 0.25) is 5.02 Å². The SMILES string of the molecule is COC(=O)C1=CC2=CCc3cc(Cl)ccc3C2(C)CC1. The van der Waals surface area contributed by atoms with Gasteiger partial charge in [0.15, 0.2) is 0 Å². The van der Waals surface area contributed by atoms with Gasteiger partial charge in [-0.25, -0.2) is 4.79 Å². The van der Waals surface area contributed by atoms with Gasteiger partial charge in [-0.15, -0.1) is 0 Å². The Balaban J connectivity index is 2.06. The van der Waals surface area contributed by atoms with Crippen molar-refractivity contribution in [3.63, 3.8) is 0 Å². The second-order valence-corrected chi connectivity index (χ2v) is 6.09. The summed E-state index contributed by atoms with van der Waals surface area (Å²) in [5, 5.41) is 0.783. The molecule has 0 fully saturated rings. The maximum absolute atomic E-state index is 11.7. The van der Waals surface area contributed by atoms with Gasteiger partial charge in [-0.1, -0.05) is 30.7 Å². The Morgan fingerprint density at radius 1 is 1.40 bits per heavy atom. The van der Waals surface area contributed by atoms with E-state index in [9.17, 15) is 4.79 Å². The molecule has 2 aliphatic carbocycles. The number of hydrogen-bond acceptors (Lipinski definition) is 2. The largest absolute Gasteiger partial charge is 0.466 e. The minimum atomic E-state index is -0.213. The van der Waals surface area contributed by atoms with E-state index in [-0.39, 0.29) is 11.4 Å². The Morgan fingerprint density at radius 3 is 2.95 bits per heavy atom. The van der Waals surface area contributed by atoms with Gasteiger partial charge in [0.25, 0.3) is 0 Å². The topological polar surface area (TPSA) is 26.3 Å². The van der Waals surface area contributed by atoms with Crippen LogP contribution in [0.3, 0.4) is 0 Å². The standard InChI is InChI=1S/C17H17ClO2/c1-17-8-7-12(16(19)20-2)9-13(17)4-3-11-10-14(18)5-6-15(11)17/h4-6,9-10H,3,7-8H2,1-2H3. The van der Waals surface area contributed by atoms with Crippen LogP contribution >= 0.6 is 11.6 Å². The van der Waals surface area contributed by atoms with Crippen molar-refractivity contribution in [1.29, 1.82) is 0 Å². The number of carbonyl (C=O) groups excluding carboxylic acids is 1. The van der Waals surface area contributed by atoms with E-state index in [0.717, 1.165) is 29.9 Å². The van der Waals surface area contributed by atoms with Crippen LogP contribution in [-0.4, -0.2) is 13.1 Å². The van der Waals surface area contributed by atoms with Gasteiger partial charge in [0, 0.05) is 16.0 Å². The number of carbonyl (C=O) groups is 1. The molecule has 0 heterocycles. The molecule has 0 bridgehead atoms. The number of esters is 1. The Labute approximate surface area is 124 Å². The number of ether oxygens (including phenoxy) is 1. The first-order valence-electron chi connectivity index (χ1n) is 6.83. The van der Waals surface area contributed by atoms with Crippen LogP contribution in [0.1, 0.15) is 30.9 Å². The van der Waals surface area contributed by atoms with Crippen LogP contribution in [-0.2, 0) is 21.4 Å². The summed E-state index contributed by atoms with van der Waals surface area (Å²) < 4.78 is 4.84. The number of methoxy groups -OCH3 is 1. The van der Waals surface area contributed by atoms with E-state index in [0.29, 0.717) is 0 Å². The number of rotatable bonds is 1. The number of hydrogen-bond donors (Lipinski definition) is 0. The molecule has 0 aliphatic heterocycles. The zero-order valence-corrected chi connectivity index (χ0v) is 12.5. The zero-order valence-electron chi connectivity index (χ0n) is 11.7. The maximum Gasteiger partial charge on any atom is 0.333 e. The molecule has 1 aromatic rings. The lowest BCUT2D eigenvalue weighted by atomic mass is 9.64. The third kappa shape index (κ3) is 1.99. The summed E-state index contributed by atoms with van der Waals surface area (Å²) in [4.78, 5) is 11.7. The number of allylic oxidation sites excluding steroid dienone is 3. The second-order valence-electron chi connectivity index (χ2n) is 5.66. The fourth-order valence-corrected chi connectivity index (χ4v) is 3.50. The first-order valence-corrected chi connectivity index (χ1v) is 7.21. The van der Waals surface area contributed by atoms with Gasteiger partial charge in [-0.3, -0.25) is 0 Å². The van der Waals surface area contributed by atoms with Gasteiger partial charge in [0.1, 0.15) is 0 Å². The van der Waals surface area contributed by atoms with Crippen molar-refractivity contribution in [3.8, 4) is 0 Å². The summed E-state index contributed by atoms with van der Waals surface area (Å²) in [7, 11) is 1.43. The van der Waals surface area contributed by atoms with Crippen LogP contribution in [0.4, 0.5) is 0 Å². The van der Waals surface area contributed by atoms with E-state index >= 15 is 0 Å². The third-order valence-corrected chi connectivity index (χ3v) is 4.75. The van der Waals surface area contributed by atoms with Gasteiger partial charge in [0.2, 0.25) is 0 Å². The molecule has 0 amide bonds. The highest BCUT2D eigenvalue weighted by atomic mass is 35.5. The predicted octanol–water partition coefficient (Wildman–Crippen LogP) is 3.97. The van der Waals surface area contributed by atoms with Crippen molar-refractivity contribution < 1.29 is 9.53 Å². The molecule has 20 heavy (non-hydrogen) atoms. The maximum atomic E-state index is 11.7. The fraction of sp³-hybridized carbons (Fsp3) is 0.353. The summed E-state index contributed by atoms with van der Waals surface area (Å²) in [5.41, 5.74) is 4.60. The van der Waals surface area contributed by atoms with E-state index in [1.54, 1.807) is 0 Å². The van der Waals surface area contributed by atoms with E-state index in [2.05, 4.69) is 25.1 Å². The Hall–Kier alpha value is -1.54. The molecule has 2 nitrogen and oxygen atoms in total. The molecule has 104 valence electrons. The van der Waals surface area contributed by atoms with Crippen molar-refractivity contribution in [2.24, 2.45) is 0 Å². The van der Waals surface area contributed by atoms with Crippen LogP contribution < -0.4 is 0 Å². The third-order valence-electron chi connectivity index (χ3n) is 4.51. The highest BCUT2D eigenvalue weighted by Gasteiger charge is 2.38. The highest BCUT2D eigenvalue weighted by Crippen LogP contribution is 2.46. The Morgan fingerprint density at radius 2 is 2.20 bits per heavy atom. The van der Waals surface area contributed by atoms with Crippen LogP contribution in [0.5, 0.6) is 0 Å². The zero-order chi connectivity index (χ0) is 14.3. The van der Waals surface area contributed by atoms with E-state index in [4.69, 9.17) is 16.3 Å². The Kier molecular flexibility index (Phi) is 3.21. The van der Waals surface area contributed by atoms with Gasteiger partial charge in [0.05, 0.1) is 7.11 Å². The molecule has 3 rings (SSSR count).